The second kappa shape index (κ2) is 11.0. The molecule has 2 heterocycles. The van der Waals surface area contributed by atoms with E-state index in [-0.39, 0.29) is 24.7 Å². The molecule has 1 aliphatic heterocycles. The van der Waals surface area contributed by atoms with Gasteiger partial charge in [0.25, 0.3) is 5.91 Å². The molecule has 7 nitrogen and oxygen atoms in total. The number of ketones is 1. The number of ether oxygens (including phenoxy) is 2. The van der Waals surface area contributed by atoms with E-state index in [0.29, 0.717) is 22.7 Å². The Hall–Kier alpha value is -4.72. The average Bonchev–Trinajstić information content (AvgIpc) is 2.96. The lowest BCUT2D eigenvalue weighted by Crippen LogP contribution is -2.52. The molecule has 0 aliphatic carbocycles. The number of likely N-dealkylation sites (N-methyl/N-ethyl adjacent to an activating group) is 1. The molecular formula is C33H32FN3O4. The Balaban J connectivity index is 1.58. The predicted molar refractivity (Wildman–Crippen MR) is 157 cm³/mol. The quantitative estimate of drug-likeness (QED) is 0.255. The molecule has 0 bridgehead atoms. The van der Waals surface area contributed by atoms with E-state index in [9.17, 15) is 14.0 Å². The molecule has 1 aliphatic rings. The number of amides is 1. The second-order valence-corrected chi connectivity index (χ2v) is 10.7. The number of rotatable bonds is 8. The van der Waals surface area contributed by atoms with Gasteiger partial charge >= 0.3 is 0 Å². The number of methoxy groups -OCH3 is 1. The second-order valence-electron chi connectivity index (χ2n) is 10.7. The normalized spacial score (nSPS) is 13.8. The molecule has 5 rings (SSSR count). The van der Waals surface area contributed by atoms with Crippen LogP contribution in [0.1, 0.15) is 40.9 Å². The number of anilines is 2. The number of halogens is 1. The van der Waals surface area contributed by atoms with E-state index in [1.165, 1.54) is 12.1 Å². The molecule has 8 heteroatoms. The first kappa shape index (κ1) is 27.8. The Bertz CT molecular complexity index is 1640. The van der Waals surface area contributed by atoms with Gasteiger partial charge in [-0.25, -0.2) is 4.39 Å². The summed E-state index contributed by atoms with van der Waals surface area (Å²) < 4.78 is 26.0. The van der Waals surface area contributed by atoms with Gasteiger partial charge in [-0.15, -0.1) is 0 Å². The Labute approximate surface area is 238 Å². The lowest BCUT2D eigenvalue weighted by molar-refractivity contribution is -0.121. The molecule has 4 aromatic rings. The fraction of sp³-hybridized carbons (Fsp3) is 0.242. The van der Waals surface area contributed by atoms with Gasteiger partial charge in [-0.05, 0) is 67.8 Å². The Kier molecular flexibility index (Phi) is 7.49. The SMILES string of the molecule is COc1cc(CC(=O)c2ccncc2)ccc1-c1ccc2c(c1COc1cc(F)ccc1C)N(C)C(=O)C(C)(C)N2. The van der Waals surface area contributed by atoms with E-state index in [1.54, 1.807) is 49.7 Å². The highest BCUT2D eigenvalue weighted by atomic mass is 19.1. The summed E-state index contributed by atoms with van der Waals surface area (Å²) in [6, 6.07) is 17.4. The number of aromatic nitrogens is 1. The summed E-state index contributed by atoms with van der Waals surface area (Å²) in [6.45, 7) is 5.60. The molecule has 0 spiro atoms. The summed E-state index contributed by atoms with van der Waals surface area (Å²) in [5.74, 6) is 0.483. The Morgan fingerprint density at radius 3 is 2.46 bits per heavy atom. The minimum Gasteiger partial charge on any atom is -0.496 e. The highest BCUT2D eigenvalue weighted by Gasteiger charge is 2.38. The van der Waals surface area contributed by atoms with Crippen LogP contribution < -0.4 is 19.7 Å². The number of hydrogen-bond acceptors (Lipinski definition) is 6. The van der Waals surface area contributed by atoms with Gasteiger partial charge in [0.2, 0.25) is 0 Å². The summed E-state index contributed by atoms with van der Waals surface area (Å²) in [5, 5.41) is 3.35. The van der Waals surface area contributed by atoms with E-state index in [2.05, 4.69) is 10.3 Å². The summed E-state index contributed by atoms with van der Waals surface area (Å²) >= 11 is 0. The molecule has 0 fully saturated rings. The topological polar surface area (TPSA) is 80.8 Å². The van der Waals surface area contributed by atoms with Crippen LogP contribution in [0.3, 0.4) is 0 Å². The summed E-state index contributed by atoms with van der Waals surface area (Å²) in [4.78, 5) is 31.7. The van der Waals surface area contributed by atoms with Crippen LogP contribution in [0.2, 0.25) is 0 Å². The van der Waals surface area contributed by atoms with Crippen molar-refractivity contribution in [2.45, 2.75) is 39.3 Å². The largest absolute Gasteiger partial charge is 0.496 e. The molecule has 1 amide bonds. The average molecular weight is 554 g/mol. The number of nitrogens with one attached hydrogen (secondary N) is 1. The molecular weight excluding hydrogens is 521 g/mol. The molecule has 1 aromatic heterocycles. The third-order valence-electron chi connectivity index (χ3n) is 7.35. The molecule has 0 atom stereocenters. The van der Waals surface area contributed by atoms with Crippen molar-refractivity contribution in [1.82, 2.24) is 4.98 Å². The number of benzene rings is 3. The minimum absolute atomic E-state index is 0.0237. The van der Waals surface area contributed by atoms with Gasteiger partial charge in [0.05, 0.1) is 18.5 Å². The third kappa shape index (κ3) is 5.50. The molecule has 0 saturated carbocycles. The van der Waals surface area contributed by atoms with Crippen LogP contribution in [0.4, 0.5) is 15.8 Å². The highest BCUT2D eigenvalue weighted by Crippen LogP contribution is 2.44. The smallest absolute Gasteiger partial charge is 0.251 e. The maximum absolute atomic E-state index is 14.0. The van der Waals surface area contributed by atoms with Crippen LogP contribution in [0, 0.1) is 12.7 Å². The standard InChI is InChI=1S/C33H32FN3O4/c1-20-6-8-23(34)18-29(20)41-19-26-24(10-11-27-31(26)37(4)32(39)33(2,3)36-27)25-9-7-21(17-30(25)40-5)16-28(38)22-12-14-35-15-13-22/h6-15,17-18,36H,16,19H2,1-5H3. The third-order valence-corrected chi connectivity index (χ3v) is 7.35. The Morgan fingerprint density at radius 2 is 1.73 bits per heavy atom. The van der Waals surface area contributed by atoms with Crippen LogP contribution in [0.25, 0.3) is 11.1 Å². The van der Waals surface area contributed by atoms with Gasteiger partial charge in [0.15, 0.2) is 5.78 Å². The van der Waals surface area contributed by atoms with Crippen LogP contribution in [-0.4, -0.2) is 36.4 Å². The zero-order valence-corrected chi connectivity index (χ0v) is 23.7. The lowest BCUT2D eigenvalue weighted by Gasteiger charge is -2.39. The van der Waals surface area contributed by atoms with E-state index in [1.807, 2.05) is 51.1 Å². The van der Waals surface area contributed by atoms with Gasteiger partial charge in [0, 0.05) is 48.6 Å². The monoisotopic (exact) mass is 553 g/mol. The molecule has 1 N–H and O–H groups in total. The predicted octanol–water partition coefficient (Wildman–Crippen LogP) is 6.38. The van der Waals surface area contributed by atoms with Gasteiger partial charge in [0.1, 0.15) is 29.5 Å². The molecule has 210 valence electrons. The van der Waals surface area contributed by atoms with E-state index >= 15 is 0 Å². The van der Waals surface area contributed by atoms with Crippen molar-refractivity contribution < 1.29 is 23.5 Å². The number of hydrogen-bond donors (Lipinski definition) is 1. The van der Waals surface area contributed by atoms with Crippen LogP contribution in [0.5, 0.6) is 11.5 Å². The fourth-order valence-electron chi connectivity index (χ4n) is 5.20. The molecule has 0 radical (unpaired) electrons. The van der Waals surface area contributed by atoms with Crippen molar-refractivity contribution in [2.24, 2.45) is 0 Å². The zero-order chi connectivity index (χ0) is 29.3. The summed E-state index contributed by atoms with van der Waals surface area (Å²) in [6.07, 6.45) is 3.40. The number of carbonyl (C=O) groups is 2. The van der Waals surface area contributed by atoms with E-state index < -0.39 is 11.4 Å². The number of pyridine rings is 1. The maximum atomic E-state index is 14.0. The molecule has 3 aromatic carbocycles. The minimum atomic E-state index is -0.790. The van der Waals surface area contributed by atoms with Crippen molar-refractivity contribution in [2.75, 3.05) is 24.4 Å². The van der Waals surface area contributed by atoms with Crippen molar-refractivity contribution in [3.8, 4) is 22.6 Å². The lowest BCUT2D eigenvalue weighted by atomic mass is 9.91. The number of nitrogens with zero attached hydrogens (tertiary/aromatic N) is 2. The van der Waals surface area contributed by atoms with Crippen LogP contribution in [-0.2, 0) is 17.8 Å². The molecule has 0 unspecified atom stereocenters. The number of Topliss-reactive ketones (excluding diaryl/α,β-unsaturated/α-hetero) is 1. The van der Waals surface area contributed by atoms with E-state index in [4.69, 9.17) is 9.47 Å². The highest BCUT2D eigenvalue weighted by molar-refractivity contribution is 6.09. The molecule has 0 saturated heterocycles. The van der Waals surface area contributed by atoms with E-state index in [0.717, 1.165) is 33.5 Å². The zero-order valence-electron chi connectivity index (χ0n) is 23.7. The van der Waals surface area contributed by atoms with Gasteiger partial charge in [-0.3, -0.25) is 14.6 Å². The van der Waals surface area contributed by atoms with Gasteiger partial charge < -0.3 is 19.7 Å². The maximum Gasteiger partial charge on any atom is 0.251 e. The summed E-state index contributed by atoms with van der Waals surface area (Å²) in [7, 11) is 3.33. The fourth-order valence-corrected chi connectivity index (χ4v) is 5.20. The van der Waals surface area contributed by atoms with Crippen molar-refractivity contribution in [3.63, 3.8) is 0 Å². The molecule has 41 heavy (non-hydrogen) atoms. The summed E-state index contributed by atoms with van der Waals surface area (Å²) in [5.41, 5.74) is 5.17. The number of fused-ring (bicyclic) bond motifs is 1. The first-order valence-electron chi connectivity index (χ1n) is 13.3. The number of carbonyl (C=O) groups excluding carboxylic acids is 2. The van der Waals surface area contributed by atoms with Crippen LogP contribution >= 0.6 is 0 Å². The van der Waals surface area contributed by atoms with Crippen molar-refractivity contribution in [1.29, 1.82) is 0 Å². The Morgan fingerprint density at radius 1 is 1.00 bits per heavy atom. The number of aryl methyl sites for hydroxylation is 1. The van der Waals surface area contributed by atoms with Crippen LogP contribution in [0.15, 0.2) is 73.1 Å². The van der Waals surface area contributed by atoms with Crippen molar-refractivity contribution >= 4 is 23.1 Å². The van der Waals surface area contributed by atoms with Gasteiger partial charge in [-0.2, -0.15) is 0 Å². The van der Waals surface area contributed by atoms with Gasteiger partial charge in [-0.1, -0.05) is 24.3 Å². The van der Waals surface area contributed by atoms with Crippen molar-refractivity contribution in [3.05, 3.63) is 101 Å². The first-order chi connectivity index (χ1) is 19.6. The first-order valence-corrected chi connectivity index (χ1v) is 13.3.